The zero-order valence-electron chi connectivity index (χ0n) is 28.0. The van der Waals surface area contributed by atoms with E-state index in [0.717, 1.165) is 55.7 Å². The Balaban J connectivity index is 1.10. The number of hydrogen-bond donors (Lipinski definition) is 1. The van der Waals surface area contributed by atoms with E-state index in [0.29, 0.717) is 5.84 Å². The number of furan rings is 1. The first-order valence-corrected chi connectivity index (χ1v) is 17.3. The smallest absolute Gasteiger partial charge is 0.161 e. The van der Waals surface area contributed by atoms with E-state index in [1.165, 1.54) is 32.7 Å². The van der Waals surface area contributed by atoms with Gasteiger partial charge < -0.3 is 9.32 Å². The molecule has 0 radical (unpaired) electrons. The minimum Gasteiger partial charge on any atom is -0.455 e. The number of nitrogens with zero attached hydrogens (tertiary/aromatic N) is 3. The molecular formula is C47H30N4O. The van der Waals surface area contributed by atoms with Crippen molar-refractivity contribution < 1.29 is 4.42 Å². The summed E-state index contributed by atoms with van der Waals surface area (Å²) in [6, 6.07) is 58.2. The van der Waals surface area contributed by atoms with Gasteiger partial charge in [-0.2, -0.15) is 0 Å². The molecule has 0 saturated carbocycles. The van der Waals surface area contributed by atoms with Crippen molar-refractivity contribution in [1.82, 2.24) is 0 Å². The molecule has 52 heavy (non-hydrogen) atoms. The molecule has 0 amide bonds. The lowest BCUT2D eigenvalue weighted by Gasteiger charge is -2.34. The molecule has 244 valence electrons. The van der Waals surface area contributed by atoms with E-state index >= 15 is 0 Å². The van der Waals surface area contributed by atoms with Crippen molar-refractivity contribution >= 4 is 78.4 Å². The van der Waals surface area contributed by atoms with Gasteiger partial charge in [-0.05, 0) is 76.3 Å². The average molecular weight is 667 g/mol. The molecule has 1 aliphatic rings. The molecular weight excluding hydrogens is 637 g/mol. The Hall–Kier alpha value is -7.11. The topological polar surface area (TPSA) is 65.0 Å². The van der Waals surface area contributed by atoms with Crippen molar-refractivity contribution in [1.29, 1.82) is 5.41 Å². The van der Waals surface area contributed by atoms with Crippen LogP contribution in [0.5, 0.6) is 0 Å². The van der Waals surface area contributed by atoms with Gasteiger partial charge in [0.2, 0.25) is 0 Å². The number of anilines is 3. The highest BCUT2D eigenvalue weighted by Gasteiger charge is 2.26. The molecule has 0 bridgehead atoms. The van der Waals surface area contributed by atoms with Crippen molar-refractivity contribution in [3.63, 3.8) is 0 Å². The number of hydrogen-bond acceptors (Lipinski definition) is 3. The van der Waals surface area contributed by atoms with E-state index in [1.807, 2.05) is 72.8 Å². The zero-order valence-corrected chi connectivity index (χ0v) is 28.0. The first kappa shape index (κ1) is 29.8. The fourth-order valence-electron chi connectivity index (χ4n) is 7.46. The zero-order chi connectivity index (χ0) is 34.6. The van der Waals surface area contributed by atoms with Gasteiger partial charge in [-0.1, -0.05) is 115 Å². The van der Waals surface area contributed by atoms with Crippen LogP contribution in [0.25, 0.3) is 54.6 Å². The van der Waals surface area contributed by atoms with Gasteiger partial charge in [0, 0.05) is 50.3 Å². The summed E-state index contributed by atoms with van der Waals surface area (Å²) < 4.78 is 6.28. The summed E-state index contributed by atoms with van der Waals surface area (Å²) in [5.74, 6) is 0.574. The normalized spacial score (nSPS) is 12.7. The lowest BCUT2D eigenvalue weighted by Crippen LogP contribution is -2.15. The fourth-order valence-corrected chi connectivity index (χ4v) is 7.46. The summed E-state index contributed by atoms with van der Waals surface area (Å²) in [6.45, 7) is 0. The van der Waals surface area contributed by atoms with Crippen LogP contribution in [0, 0.1) is 5.41 Å². The fraction of sp³-hybridized carbons (Fsp3) is 0. The number of amidine groups is 2. The number of nitrogens with one attached hydrogen (secondary N) is 1. The van der Waals surface area contributed by atoms with Crippen LogP contribution in [-0.4, -0.2) is 17.9 Å². The highest BCUT2D eigenvalue weighted by Crippen LogP contribution is 2.51. The third kappa shape index (κ3) is 4.90. The second kappa shape index (κ2) is 12.0. The van der Waals surface area contributed by atoms with Crippen LogP contribution in [0.3, 0.4) is 0 Å². The monoisotopic (exact) mass is 666 g/mol. The van der Waals surface area contributed by atoms with Gasteiger partial charge in [-0.25, -0.2) is 9.98 Å². The molecule has 0 fully saturated rings. The van der Waals surface area contributed by atoms with Gasteiger partial charge in [-0.3, -0.25) is 5.41 Å². The first-order valence-electron chi connectivity index (χ1n) is 17.3. The molecule has 0 spiro atoms. The van der Waals surface area contributed by atoms with E-state index in [-0.39, 0.29) is 5.84 Å². The molecule has 0 atom stereocenters. The van der Waals surface area contributed by atoms with Crippen molar-refractivity contribution in [3.8, 4) is 11.1 Å². The van der Waals surface area contributed by atoms with Crippen molar-refractivity contribution in [2.45, 2.75) is 0 Å². The summed E-state index contributed by atoms with van der Waals surface area (Å²) in [6.07, 6.45) is 1.79. The van der Waals surface area contributed by atoms with Crippen LogP contribution >= 0.6 is 0 Å². The Morgan fingerprint density at radius 2 is 1.25 bits per heavy atom. The Morgan fingerprint density at radius 1 is 0.558 bits per heavy atom. The third-order valence-electron chi connectivity index (χ3n) is 9.93. The van der Waals surface area contributed by atoms with E-state index in [2.05, 4.69) is 102 Å². The predicted octanol–water partition coefficient (Wildman–Crippen LogP) is 12.2. The third-order valence-corrected chi connectivity index (χ3v) is 9.93. The van der Waals surface area contributed by atoms with Gasteiger partial charge in [0.05, 0.1) is 11.4 Å². The van der Waals surface area contributed by atoms with E-state index in [1.54, 1.807) is 6.21 Å². The van der Waals surface area contributed by atoms with E-state index in [9.17, 15) is 0 Å². The van der Waals surface area contributed by atoms with Crippen LogP contribution in [0.2, 0.25) is 0 Å². The summed E-state index contributed by atoms with van der Waals surface area (Å²) in [4.78, 5) is 12.1. The maximum Gasteiger partial charge on any atom is 0.161 e. The predicted molar refractivity (Wildman–Crippen MR) is 216 cm³/mol. The molecule has 0 saturated heterocycles. The van der Waals surface area contributed by atoms with Crippen LogP contribution in [0.4, 0.5) is 17.1 Å². The minimum absolute atomic E-state index is 0.138. The Labute approximate surface area is 300 Å². The largest absolute Gasteiger partial charge is 0.455 e. The van der Waals surface area contributed by atoms with Gasteiger partial charge in [0.25, 0.3) is 0 Å². The lowest BCUT2D eigenvalue weighted by atomic mass is 9.89. The number of para-hydroxylation sites is 2. The average Bonchev–Trinajstić information content (AvgIpc) is 3.59. The maximum atomic E-state index is 8.89. The van der Waals surface area contributed by atoms with E-state index in [4.69, 9.17) is 19.8 Å². The number of aliphatic imine (C=N–C) groups is 2. The second-order valence-electron chi connectivity index (χ2n) is 13.0. The number of rotatable bonds is 4. The lowest BCUT2D eigenvalue weighted by molar-refractivity contribution is 0.668. The first-order chi connectivity index (χ1) is 25.7. The molecule has 0 unspecified atom stereocenters. The van der Waals surface area contributed by atoms with Gasteiger partial charge >= 0.3 is 0 Å². The van der Waals surface area contributed by atoms with Crippen LogP contribution in [0.15, 0.2) is 184 Å². The molecule has 9 aromatic rings. The molecule has 5 heteroatoms. The molecule has 2 heterocycles. The van der Waals surface area contributed by atoms with Gasteiger partial charge in [0.1, 0.15) is 11.2 Å². The number of fused-ring (bicyclic) bond motifs is 6. The summed E-state index contributed by atoms with van der Waals surface area (Å²) in [7, 11) is 0. The summed E-state index contributed by atoms with van der Waals surface area (Å²) >= 11 is 0. The Kier molecular flexibility index (Phi) is 6.89. The molecule has 5 nitrogen and oxygen atoms in total. The minimum atomic E-state index is 0.138. The molecule has 1 aromatic heterocycles. The van der Waals surface area contributed by atoms with Crippen molar-refractivity contribution in [3.05, 3.63) is 187 Å². The van der Waals surface area contributed by atoms with Gasteiger partial charge in [0.15, 0.2) is 11.7 Å². The van der Waals surface area contributed by atoms with Gasteiger partial charge in [-0.15, -0.1) is 0 Å². The quantitative estimate of drug-likeness (QED) is 0.150. The SMILES string of the molecule is N=C(/N=C(\N=C\c1cccc2c1oc1ccccc12)c1ccc(N2c3cc4ccccc4cc3-c3cccc4cccc2c34)cc1)c1ccccc1. The summed E-state index contributed by atoms with van der Waals surface area (Å²) in [5.41, 5.74) is 9.70. The Morgan fingerprint density at radius 3 is 2.10 bits per heavy atom. The highest BCUT2D eigenvalue weighted by atomic mass is 16.3. The standard InChI is InChI=1S/C47H30N4O/c48-46(31-11-2-1-3-12-31)50-47(49-29-35-17-9-20-39-37-18-6-7-22-43(37)52-45(35)39)32-23-25-36(26-24-32)51-41-21-10-16-30-15-8-19-38(44(30)41)40-27-33-13-4-5-14-34(33)28-42(40)51/h1-29,48H/b48-46?,49-29+,50-47-. The molecule has 0 aliphatic carbocycles. The Bertz CT molecular complexity index is 2920. The molecule has 8 aromatic carbocycles. The van der Waals surface area contributed by atoms with Crippen molar-refractivity contribution in [2.75, 3.05) is 4.90 Å². The second-order valence-corrected chi connectivity index (χ2v) is 13.0. The molecule has 10 rings (SSSR count). The highest BCUT2D eigenvalue weighted by molar-refractivity contribution is 6.17. The van der Waals surface area contributed by atoms with E-state index < -0.39 is 0 Å². The van der Waals surface area contributed by atoms with Crippen LogP contribution in [-0.2, 0) is 0 Å². The maximum absolute atomic E-state index is 8.89. The van der Waals surface area contributed by atoms with Crippen LogP contribution in [0.1, 0.15) is 16.7 Å². The number of benzene rings is 8. The van der Waals surface area contributed by atoms with Crippen LogP contribution < -0.4 is 4.90 Å². The summed E-state index contributed by atoms with van der Waals surface area (Å²) in [5, 5.41) is 15.8. The molecule has 1 aliphatic heterocycles. The molecule has 1 N–H and O–H groups in total. The van der Waals surface area contributed by atoms with Crippen molar-refractivity contribution in [2.24, 2.45) is 9.98 Å².